The highest BCUT2D eigenvalue weighted by Crippen LogP contribution is 2.23. The fraction of sp³-hybridized carbons (Fsp3) is 0.136. The summed E-state index contributed by atoms with van der Waals surface area (Å²) in [5.74, 6) is 1.39. The summed E-state index contributed by atoms with van der Waals surface area (Å²) in [4.78, 5) is 10.2. The number of ether oxygens (including phenoxy) is 2. The predicted octanol–water partition coefficient (Wildman–Crippen LogP) is 5.54. The van der Waals surface area contributed by atoms with Crippen molar-refractivity contribution in [3.8, 4) is 11.5 Å². The third kappa shape index (κ3) is 6.49. The van der Waals surface area contributed by atoms with Crippen molar-refractivity contribution in [2.45, 2.75) is 6.42 Å². The summed E-state index contributed by atoms with van der Waals surface area (Å²) in [5.41, 5.74) is 4.38. The molecule has 154 valence electrons. The number of hydrogen-bond donors (Lipinski definition) is 1. The largest absolute Gasteiger partial charge is 0.493 e. The number of rotatable bonds is 10. The van der Waals surface area contributed by atoms with Gasteiger partial charge in [-0.05, 0) is 42.0 Å². The van der Waals surface area contributed by atoms with Crippen LogP contribution in [0.3, 0.4) is 0 Å². The van der Waals surface area contributed by atoms with Gasteiger partial charge in [-0.2, -0.15) is 5.10 Å². The molecule has 0 radical (unpaired) electrons. The van der Waals surface area contributed by atoms with Crippen molar-refractivity contribution < 1.29 is 14.4 Å². The molecule has 0 saturated heterocycles. The number of nitro groups is 1. The Morgan fingerprint density at radius 1 is 1.00 bits per heavy atom. The number of nitrogens with one attached hydrogen (secondary N) is 1. The number of hydrogen-bond acceptors (Lipinski definition) is 6. The van der Waals surface area contributed by atoms with E-state index in [4.69, 9.17) is 21.1 Å². The van der Waals surface area contributed by atoms with E-state index in [9.17, 15) is 10.1 Å². The van der Waals surface area contributed by atoms with Gasteiger partial charge in [0.1, 0.15) is 11.5 Å². The highest BCUT2D eigenvalue weighted by molar-refractivity contribution is 6.32. The number of hydrazone groups is 1. The number of halogens is 1. The fourth-order valence-corrected chi connectivity index (χ4v) is 2.71. The molecule has 0 spiro atoms. The first-order valence-corrected chi connectivity index (χ1v) is 9.63. The number of nitrogens with zero attached hydrogens (tertiary/aromatic N) is 2. The van der Waals surface area contributed by atoms with Gasteiger partial charge in [0.2, 0.25) is 0 Å². The Labute approximate surface area is 179 Å². The lowest BCUT2D eigenvalue weighted by molar-refractivity contribution is -0.384. The van der Waals surface area contributed by atoms with Gasteiger partial charge in [-0.1, -0.05) is 35.9 Å². The zero-order valence-corrected chi connectivity index (χ0v) is 16.8. The Morgan fingerprint density at radius 2 is 1.77 bits per heavy atom. The summed E-state index contributed by atoms with van der Waals surface area (Å²) in [6, 6.07) is 20.9. The Balaban J connectivity index is 1.43. The summed E-state index contributed by atoms with van der Waals surface area (Å²) >= 11 is 6.05. The van der Waals surface area contributed by atoms with Crippen LogP contribution in [0, 0.1) is 10.1 Å². The van der Waals surface area contributed by atoms with Crippen molar-refractivity contribution in [2.75, 3.05) is 18.6 Å². The molecule has 0 heterocycles. The molecule has 8 heteroatoms. The predicted molar refractivity (Wildman–Crippen MR) is 118 cm³/mol. The zero-order chi connectivity index (χ0) is 21.2. The lowest BCUT2D eigenvalue weighted by Gasteiger charge is -2.09. The SMILES string of the molecule is O=[N+]([O-])c1ccc(N/N=C/c2cccc(OCCCOc3ccccc3Cl)c2)cc1. The Hall–Kier alpha value is -3.58. The Morgan fingerprint density at radius 3 is 2.53 bits per heavy atom. The van der Waals surface area contributed by atoms with E-state index >= 15 is 0 Å². The molecule has 0 amide bonds. The second-order valence-corrected chi connectivity index (χ2v) is 6.63. The van der Waals surface area contributed by atoms with Crippen molar-refractivity contribution in [1.29, 1.82) is 0 Å². The molecular formula is C22H20ClN3O4. The quantitative estimate of drug-likeness (QED) is 0.199. The van der Waals surface area contributed by atoms with Gasteiger partial charge < -0.3 is 9.47 Å². The fourth-order valence-electron chi connectivity index (χ4n) is 2.52. The number of anilines is 1. The summed E-state index contributed by atoms with van der Waals surface area (Å²) in [5, 5.41) is 15.4. The van der Waals surface area contributed by atoms with Gasteiger partial charge in [-0.15, -0.1) is 0 Å². The van der Waals surface area contributed by atoms with Gasteiger partial charge in [0.05, 0.1) is 35.1 Å². The molecule has 0 unspecified atom stereocenters. The van der Waals surface area contributed by atoms with Crippen LogP contribution in [0.2, 0.25) is 5.02 Å². The molecule has 3 aromatic carbocycles. The molecule has 30 heavy (non-hydrogen) atoms. The van der Waals surface area contributed by atoms with Crippen LogP contribution in [0.4, 0.5) is 11.4 Å². The second kappa shape index (κ2) is 10.8. The minimum atomic E-state index is -0.443. The Kier molecular flexibility index (Phi) is 7.63. The topological polar surface area (TPSA) is 86.0 Å². The molecule has 3 rings (SSSR count). The van der Waals surface area contributed by atoms with E-state index in [2.05, 4.69) is 10.5 Å². The van der Waals surface area contributed by atoms with E-state index in [1.54, 1.807) is 24.4 Å². The first-order valence-electron chi connectivity index (χ1n) is 9.25. The maximum atomic E-state index is 10.7. The molecule has 0 bridgehead atoms. The number of benzene rings is 3. The summed E-state index contributed by atoms with van der Waals surface area (Å²) in [6.07, 6.45) is 2.36. The van der Waals surface area contributed by atoms with Crippen molar-refractivity contribution in [2.24, 2.45) is 5.10 Å². The van der Waals surface area contributed by atoms with Gasteiger partial charge in [0, 0.05) is 18.6 Å². The molecule has 7 nitrogen and oxygen atoms in total. The van der Waals surface area contributed by atoms with E-state index in [1.165, 1.54) is 12.1 Å². The maximum Gasteiger partial charge on any atom is 0.269 e. The minimum absolute atomic E-state index is 0.0339. The smallest absolute Gasteiger partial charge is 0.269 e. The van der Waals surface area contributed by atoms with Crippen LogP contribution in [-0.4, -0.2) is 24.4 Å². The maximum absolute atomic E-state index is 10.7. The van der Waals surface area contributed by atoms with Gasteiger partial charge in [-0.3, -0.25) is 15.5 Å². The van der Waals surface area contributed by atoms with Gasteiger partial charge in [0.15, 0.2) is 0 Å². The Bertz CT molecular complexity index is 1010. The molecule has 0 atom stereocenters. The average Bonchev–Trinajstić information content (AvgIpc) is 2.75. The number of para-hydroxylation sites is 1. The molecule has 0 aliphatic carbocycles. The zero-order valence-electron chi connectivity index (χ0n) is 16.0. The first kappa shape index (κ1) is 21.1. The van der Waals surface area contributed by atoms with E-state index in [1.807, 2.05) is 42.5 Å². The highest BCUT2D eigenvalue weighted by Gasteiger charge is 2.03. The molecule has 0 aliphatic heterocycles. The van der Waals surface area contributed by atoms with Crippen LogP contribution in [0.5, 0.6) is 11.5 Å². The van der Waals surface area contributed by atoms with Crippen molar-refractivity contribution >= 4 is 29.2 Å². The highest BCUT2D eigenvalue weighted by atomic mass is 35.5. The summed E-state index contributed by atoms with van der Waals surface area (Å²) in [7, 11) is 0. The molecule has 0 fully saturated rings. The van der Waals surface area contributed by atoms with Crippen LogP contribution < -0.4 is 14.9 Å². The average molecular weight is 426 g/mol. The second-order valence-electron chi connectivity index (χ2n) is 6.23. The lowest BCUT2D eigenvalue weighted by atomic mass is 10.2. The molecule has 3 aromatic rings. The summed E-state index contributed by atoms with van der Waals surface area (Å²) < 4.78 is 11.4. The van der Waals surface area contributed by atoms with Crippen LogP contribution in [-0.2, 0) is 0 Å². The molecular weight excluding hydrogens is 406 g/mol. The van der Waals surface area contributed by atoms with Crippen LogP contribution >= 0.6 is 11.6 Å². The molecule has 1 N–H and O–H groups in total. The van der Waals surface area contributed by atoms with Gasteiger partial charge >= 0.3 is 0 Å². The van der Waals surface area contributed by atoms with E-state index in [0.29, 0.717) is 36.1 Å². The molecule has 0 aliphatic rings. The summed E-state index contributed by atoms with van der Waals surface area (Å²) in [6.45, 7) is 1.01. The lowest BCUT2D eigenvalue weighted by Crippen LogP contribution is -2.05. The van der Waals surface area contributed by atoms with Crippen molar-refractivity contribution in [3.63, 3.8) is 0 Å². The molecule has 0 saturated carbocycles. The van der Waals surface area contributed by atoms with Crippen molar-refractivity contribution in [1.82, 2.24) is 0 Å². The monoisotopic (exact) mass is 425 g/mol. The van der Waals surface area contributed by atoms with Crippen LogP contribution in [0.25, 0.3) is 0 Å². The van der Waals surface area contributed by atoms with Crippen LogP contribution in [0.15, 0.2) is 77.9 Å². The van der Waals surface area contributed by atoms with Crippen LogP contribution in [0.1, 0.15) is 12.0 Å². The third-order valence-corrected chi connectivity index (χ3v) is 4.31. The number of non-ortho nitro benzene ring substituents is 1. The minimum Gasteiger partial charge on any atom is -0.493 e. The first-order chi connectivity index (χ1) is 14.6. The number of nitro benzene ring substituents is 1. The normalized spacial score (nSPS) is 10.7. The van der Waals surface area contributed by atoms with E-state index in [-0.39, 0.29) is 5.69 Å². The van der Waals surface area contributed by atoms with Gasteiger partial charge in [0.25, 0.3) is 5.69 Å². The van der Waals surface area contributed by atoms with E-state index < -0.39 is 4.92 Å². The third-order valence-electron chi connectivity index (χ3n) is 4.00. The molecule has 0 aromatic heterocycles. The van der Waals surface area contributed by atoms with Crippen molar-refractivity contribution in [3.05, 3.63) is 93.5 Å². The standard InChI is InChI=1S/C22H20ClN3O4/c23-21-7-1-2-8-22(21)30-14-4-13-29-20-6-3-5-17(15-20)16-24-25-18-9-11-19(12-10-18)26(27)28/h1-3,5-12,15-16,25H,4,13-14H2/b24-16+. The van der Waals surface area contributed by atoms with E-state index in [0.717, 1.165) is 11.3 Å². The van der Waals surface area contributed by atoms with Gasteiger partial charge in [-0.25, -0.2) is 0 Å².